The average Bonchev–Trinajstić information content (AvgIpc) is 3.31. The Balaban J connectivity index is 0.000000227. The van der Waals surface area contributed by atoms with E-state index in [9.17, 15) is 23.2 Å². The number of carbonyl (C=O) groups excluding carboxylic acids is 5. The quantitative estimate of drug-likeness (QED) is 0.225. The summed E-state index contributed by atoms with van der Waals surface area (Å²) in [6.45, 7) is 27.2. The zero-order chi connectivity index (χ0) is 52.3. The molecule has 71 heavy (non-hydrogen) atoms. The lowest BCUT2D eigenvalue weighted by Gasteiger charge is -2.61. The van der Waals surface area contributed by atoms with Crippen LogP contribution in [0.25, 0.3) is 0 Å². The minimum Gasteiger partial charge on any atom is -0.352 e. The number of rotatable bonds is 6. The zero-order valence-electron chi connectivity index (χ0n) is 44.7. The first-order chi connectivity index (χ1) is 33.5. The van der Waals surface area contributed by atoms with Crippen molar-refractivity contribution in [3.63, 3.8) is 0 Å². The van der Waals surface area contributed by atoms with Crippen LogP contribution in [-0.2, 0) is 9.59 Å². The molecule has 0 aromatic heterocycles. The van der Waals surface area contributed by atoms with Gasteiger partial charge in [0.15, 0.2) is 0 Å². The van der Waals surface area contributed by atoms with Crippen LogP contribution in [0.1, 0.15) is 117 Å². The van der Waals surface area contributed by atoms with Crippen LogP contribution in [0.3, 0.4) is 0 Å². The van der Waals surface area contributed by atoms with Gasteiger partial charge in [-0.1, -0.05) is 86.4 Å². The number of halogens is 2. The van der Waals surface area contributed by atoms with Gasteiger partial charge in [0, 0.05) is 76.5 Å². The molecule has 15 heteroatoms. The standard InChI is InChI=1S/C28H43FN4O2.C21H40N4O.C6H5F.CO2/c1-19-22(18-30-25(34)20-7-9-21(29)10-8-20)28(4)12-6-11-27(2,3)24(28)17-23(19)31-26(35)33-15-13-32(5)14-16-33;1-15-16(14-22)21(4)8-6-7-20(2,3)18(21)13-17(15)23-19(26)25-11-9-24(5)10-12-25;7-6-4-2-1-3-5-6;2-1-3/h7-10,19,22-24H,6,11-18H2,1-5H3,(H,30,34)(H,31,35);15-18H,6-14,22H2,1-5H3,(H,23,26);1-5H;/t19-,22-,23+,24?,28+;15-,16-,17+,18?,21+;;/m00../s1. The normalized spacial score (nSPS) is 32.2. The van der Waals surface area contributed by atoms with E-state index in [0.29, 0.717) is 46.6 Å². The number of likely N-dealkylation sites (N-methyl/N-ethyl adjacent to an activating group) is 2. The highest BCUT2D eigenvalue weighted by atomic mass is 19.1. The topological polar surface area (TPSA) is 160 Å². The van der Waals surface area contributed by atoms with Gasteiger partial charge in [0.2, 0.25) is 0 Å². The van der Waals surface area contributed by atoms with E-state index < -0.39 is 0 Å². The Morgan fingerprint density at radius 1 is 0.620 bits per heavy atom. The van der Waals surface area contributed by atoms with Crippen molar-refractivity contribution in [2.75, 3.05) is 79.5 Å². The van der Waals surface area contributed by atoms with Crippen molar-refractivity contribution in [1.82, 2.24) is 35.6 Å². The van der Waals surface area contributed by atoms with Crippen LogP contribution in [0.4, 0.5) is 18.4 Å². The molecule has 2 unspecified atom stereocenters. The fourth-order valence-corrected chi connectivity index (χ4v) is 14.2. The molecule has 5 amide bonds. The Bertz CT molecular complexity index is 2060. The molecule has 2 aliphatic heterocycles. The molecule has 4 aliphatic carbocycles. The van der Waals surface area contributed by atoms with Crippen LogP contribution in [-0.4, -0.2) is 135 Å². The molecule has 396 valence electrons. The highest BCUT2D eigenvalue weighted by molar-refractivity contribution is 5.94. The average molecular weight is 991 g/mol. The second-order valence-corrected chi connectivity index (χ2v) is 23.7. The van der Waals surface area contributed by atoms with E-state index in [0.717, 1.165) is 78.2 Å². The maximum atomic E-state index is 13.3. The molecule has 10 atom stereocenters. The number of nitrogens with two attached hydrogens (primary N) is 1. The van der Waals surface area contributed by atoms with Gasteiger partial charge >= 0.3 is 18.2 Å². The molecule has 2 heterocycles. The molecular formula is C56H88F2N8O5. The molecule has 6 aliphatic rings. The van der Waals surface area contributed by atoms with Crippen molar-refractivity contribution in [3.05, 3.63) is 71.8 Å². The predicted molar refractivity (Wildman–Crippen MR) is 275 cm³/mol. The lowest BCUT2D eigenvalue weighted by molar-refractivity contribution is -0.191. The Morgan fingerprint density at radius 2 is 1.01 bits per heavy atom. The third-order valence-electron chi connectivity index (χ3n) is 18.5. The number of amides is 5. The first-order valence-electron chi connectivity index (χ1n) is 26.4. The summed E-state index contributed by atoms with van der Waals surface area (Å²) < 4.78 is 25.2. The zero-order valence-corrected chi connectivity index (χ0v) is 44.7. The van der Waals surface area contributed by atoms with Crippen molar-refractivity contribution in [2.45, 2.75) is 119 Å². The molecule has 0 radical (unpaired) electrons. The van der Waals surface area contributed by atoms with Crippen molar-refractivity contribution in [2.24, 2.45) is 62.9 Å². The minimum absolute atomic E-state index is 0.0428. The van der Waals surface area contributed by atoms with Crippen LogP contribution in [0.2, 0.25) is 0 Å². The summed E-state index contributed by atoms with van der Waals surface area (Å²) in [4.78, 5) is 63.7. The largest absolute Gasteiger partial charge is 0.373 e. The second kappa shape index (κ2) is 25.0. The van der Waals surface area contributed by atoms with Crippen molar-refractivity contribution in [3.8, 4) is 0 Å². The molecule has 0 spiro atoms. The van der Waals surface area contributed by atoms with E-state index in [2.05, 4.69) is 95.2 Å². The summed E-state index contributed by atoms with van der Waals surface area (Å²) in [5, 5.41) is 9.99. The van der Waals surface area contributed by atoms with Crippen LogP contribution < -0.4 is 21.7 Å². The summed E-state index contributed by atoms with van der Waals surface area (Å²) in [5.41, 5.74) is 7.68. The van der Waals surface area contributed by atoms with E-state index in [4.69, 9.17) is 15.3 Å². The van der Waals surface area contributed by atoms with Gasteiger partial charge in [0.1, 0.15) is 11.6 Å². The van der Waals surface area contributed by atoms with E-state index in [-0.39, 0.29) is 70.5 Å². The number of nitrogens with one attached hydrogen (secondary N) is 3. The molecule has 4 saturated carbocycles. The van der Waals surface area contributed by atoms with Crippen molar-refractivity contribution < 1.29 is 32.8 Å². The number of piperazine rings is 2. The summed E-state index contributed by atoms with van der Waals surface area (Å²) in [7, 11) is 4.21. The number of nitrogens with zero attached hydrogens (tertiary/aromatic N) is 4. The van der Waals surface area contributed by atoms with Gasteiger partial charge in [0.25, 0.3) is 5.91 Å². The lowest BCUT2D eigenvalue weighted by atomic mass is 9.45. The number of fused-ring (bicyclic) bond motifs is 2. The predicted octanol–water partition coefficient (Wildman–Crippen LogP) is 8.37. The first-order valence-corrected chi connectivity index (χ1v) is 26.4. The van der Waals surface area contributed by atoms with Crippen LogP contribution in [0.15, 0.2) is 54.6 Å². The van der Waals surface area contributed by atoms with E-state index in [1.54, 1.807) is 18.2 Å². The van der Waals surface area contributed by atoms with Crippen LogP contribution in [0, 0.1) is 68.8 Å². The van der Waals surface area contributed by atoms with Gasteiger partial charge in [-0.3, -0.25) is 4.79 Å². The maximum absolute atomic E-state index is 13.3. The van der Waals surface area contributed by atoms with Gasteiger partial charge in [-0.25, -0.2) is 18.4 Å². The monoisotopic (exact) mass is 991 g/mol. The lowest BCUT2D eigenvalue weighted by Crippen LogP contribution is -2.62. The molecule has 0 bridgehead atoms. The summed E-state index contributed by atoms with van der Waals surface area (Å²) in [6.07, 6.45) is 9.73. The number of hydrogen-bond acceptors (Lipinski definition) is 8. The fourth-order valence-electron chi connectivity index (χ4n) is 14.2. The molecule has 2 aromatic rings. The Hall–Kier alpha value is -4.43. The summed E-state index contributed by atoms with van der Waals surface area (Å²) in [6, 6.07) is 14.1. The number of hydrogen-bond donors (Lipinski definition) is 4. The Labute approximate surface area is 424 Å². The third-order valence-corrected chi connectivity index (χ3v) is 18.5. The smallest absolute Gasteiger partial charge is 0.352 e. The molecule has 6 fully saturated rings. The molecule has 8 rings (SSSR count). The SMILES string of the molecule is C[C@@H]1[C@H](NC(=O)N2CCN(C)CC2)CC2C(C)(C)CCC[C@]2(C)[C@H]1CN.C[C@@H]1[C@H](NC(=O)N2CCN(C)CC2)CC2C(C)(C)CCC[C@]2(C)[C@H]1CNC(=O)c1ccc(F)cc1.Fc1ccccc1.O=C=O. The minimum atomic E-state index is -0.346. The van der Waals surface area contributed by atoms with Crippen molar-refractivity contribution in [1.29, 1.82) is 0 Å². The fraction of sp³-hybridized carbons (Fsp3) is 0.714. The molecule has 2 aromatic carbocycles. The van der Waals surface area contributed by atoms with Crippen LogP contribution in [0.5, 0.6) is 0 Å². The van der Waals surface area contributed by atoms with Gasteiger partial charge in [-0.05, 0) is 153 Å². The highest BCUT2D eigenvalue weighted by Crippen LogP contribution is 2.62. The second-order valence-electron chi connectivity index (χ2n) is 23.7. The molecule has 2 saturated heterocycles. The number of urea groups is 2. The van der Waals surface area contributed by atoms with Gasteiger partial charge in [0.05, 0.1) is 0 Å². The Kier molecular flexibility index (Phi) is 20.2. The summed E-state index contributed by atoms with van der Waals surface area (Å²) >= 11 is 0. The van der Waals surface area contributed by atoms with E-state index in [1.165, 1.54) is 68.5 Å². The molecular weight excluding hydrogens is 903 g/mol. The maximum Gasteiger partial charge on any atom is 0.373 e. The number of carbonyl (C=O) groups is 3. The van der Waals surface area contributed by atoms with Gasteiger partial charge < -0.3 is 41.3 Å². The number of benzene rings is 2. The van der Waals surface area contributed by atoms with Crippen LogP contribution >= 0.6 is 0 Å². The van der Waals surface area contributed by atoms with Gasteiger partial charge in [-0.2, -0.15) is 9.59 Å². The Morgan fingerprint density at radius 3 is 1.41 bits per heavy atom. The highest BCUT2D eigenvalue weighted by Gasteiger charge is 2.58. The van der Waals surface area contributed by atoms with Gasteiger partial charge in [-0.15, -0.1) is 0 Å². The first kappa shape index (κ1) is 57.5. The molecule has 5 N–H and O–H groups in total. The van der Waals surface area contributed by atoms with Crippen molar-refractivity contribution >= 4 is 24.1 Å². The molecule has 13 nitrogen and oxygen atoms in total. The summed E-state index contributed by atoms with van der Waals surface area (Å²) in [5.74, 6) is 1.79. The van der Waals surface area contributed by atoms with E-state index in [1.807, 2.05) is 9.80 Å². The third kappa shape index (κ3) is 14.2. The van der Waals surface area contributed by atoms with E-state index >= 15 is 0 Å².